The number of hydrogen-bond acceptors (Lipinski definition) is 2. The molecule has 0 radical (unpaired) electrons. The number of rotatable bonds is 2. The van der Waals surface area contributed by atoms with Gasteiger partial charge in [0.15, 0.2) is 0 Å². The summed E-state index contributed by atoms with van der Waals surface area (Å²) in [5, 5.41) is 0. The average molecular weight is 239 g/mol. The van der Waals surface area contributed by atoms with Crippen molar-refractivity contribution >= 4 is 0 Å². The molecule has 1 aliphatic rings. The first-order valence-electron chi connectivity index (χ1n) is 6.29. The van der Waals surface area contributed by atoms with Crippen molar-refractivity contribution in [2.75, 3.05) is 6.61 Å². The van der Waals surface area contributed by atoms with Crippen molar-refractivity contribution in [2.24, 2.45) is 5.73 Å². The van der Waals surface area contributed by atoms with E-state index in [0.717, 1.165) is 5.75 Å². The maximum atomic E-state index is 6.39. The molecule has 0 saturated heterocycles. The van der Waals surface area contributed by atoms with E-state index in [-0.39, 0.29) is 12.0 Å². The maximum Gasteiger partial charge on any atom is 0.122 e. The van der Waals surface area contributed by atoms with Crippen LogP contribution in [0.4, 0.5) is 0 Å². The monoisotopic (exact) mass is 239 g/mol. The van der Waals surface area contributed by atoms with Gasteiger partial charge in [-0.2, -0.15) is 0 Å². The molecule has 3 rings (SSSR count). The van der Waals surface area contributed by atoms with Crippen LogP contribution in [0.2, 0.25) is 0 Å². The van der Waals surface area contributed by atoms with Gasteiger partial charge in [0.05, 0.1) is 6.61 Å². The topological polar surface area (TPSA) is 35.2 Å². The van der Waals surface area contributed by atoms with Gasteiger partial charge >= 0.3 is 0 Å². The first kappa shape index (κ1) is 11.3. The summed E-state index contributed by atoms with van der Waals surface area (Å²) >= 11 is 0. The van der Waals surface area contributed by atoms with E-state index < -0.39 is 0 Å². The van der Waals surface area contributed by atoms with Gasteiger partial charge in [-0.15, -0.1) is 0 Å². The molecule has 0 bridgehead atoms. The number of fused-ring (bicyclic) bond motifs is 1. The minimum atomic E-state index is -0.00532. The number of hydrogen-bond donors (Lipinski definition) is 1. The van der Waals surface area contributed by atoms with E-state index in [2.05, 4.69) is 37.3 Å². The molecule has 2 nitrogen and oxygen atoms in total. The van der Waals surface area contributed by atoms with Crippen molar-refractivity contribution in [3.8, 4) is 5.75 Å². The molecule has 1 heterocycles. The summed E-state index contributed by atoms with van der Waals surface area (Å²) in [6.07, 6.45) is 0. The van der Waals surface area contributed by atoms with Crippen LogP contribution in [-0.4, -0.2) is 6.61 Å². The van der Waals surface area contributed by atoms with E-state index in [1.165, 1.54) is 16.7 Å². The van der Waals surface area contributed by atoms with Gasteiger partial charge in [-0.05, 0) is 18.6 Å². The Morgan fingerprint density at radius 3 is 2.61 bits per heavy atom. The standard InChI is InChI=1S/C16H17NO/c1-11-6-8-12(9-7-11)16(17)14-10-18-15-5-3-2-4-13(14)15/h2-9,14,16H,10,17H2,1H3. The molecule has 0 aliphatic carbocycles. The lowest BCUT2D eigenvalue weighted by Gasteiger charge is -2.18. The Labute approximate surface area is 107 Å². The Kier molecular flexibility index (Phi) is 2.80. The Balaban J connectivity index is 1.90. The summed E-state index contributed by atoms with van der Waals surface area (Å²) in [6.45, 7) is 2.76. The highest BCUT2D eigenvalue weighted by molar-refractivity contribution is 5.42. The molecule has 2 heteroatoms. The Morgan fingerprint density at radius 1 is 1.11 bits per heavy atom. The molecule has 0 amide bonds. The summed E-state index contributed by atoms with van der Waals surface area (Å²) in [4.78, 5) is 0. The van der Waals surface area contributed by atoms with Crippen LogP contribution in [0.15, 0.2) is 48.5 Å². The fraction of sp³-hybridized carbons (Fsp3) is 0.250. The van der Waals surface area contributed by atoms with E-state index in [9.17, 15) is 0 Å². The largest absolute Gasteiger partial charge is 0.493 e. The molecular formula is C16H17NO. The number of benzene rings is 2. The molecule has 2 atom stereocenters. The number of aryl methyl sites for hydroxylation is 1. The minimum absolute atomic E-state index is 0.00532. The highest BCUT2D eigenvalue weighted by Gasteiger charge is 2.29. The molecule has 0 aromatic heterocycles. The van der Waals surface area contributed by atoms with Gasteiger partial charge in [0.2, 0.25) is 0 Å². The van der Waals surface area contributed by atoms with Gasteiger partial charge < -0.3 is 10.5 Å². The molecule has 2 aromatic carbocycles. The molecule has 92 valence electrons. The highest BCUT2D eigenvalue weighted by Crippen LogP contribution is 2.39. The zero-order chi connectivity index (χ0) is 12.5. The van der Waals surface area contributed by atoms with Crippen molar-refractivity contribution in [1.29, 1.82) is 0 Å². The van der Waals surface area contributed by atoms with Gasteiger partial charge in [-0.25, -0.2) is 0 Å². The second-order valence-electron chi connectivity index (χ2n) is 4.89. The molecule has 2 N–H and O–H groups in total. The molecule has 0 spiro atoms. The van der Waals surface area contributed by atoms with E-state index in [1.54, 1.807) is 0 Å². The molecule has 2 unspecified atom stereocenters. The SMILES string of the molecule is Cc1ccc(C(N)C2COc3ccccc32)cc1. The quantitative estimate of drug-likeness (QED) is 0.873. The van der Waals surface area contributed by atoms with Gasteiger partial charge in [-0.3, -0.25) is 0 Å². The number of nitrogens with two attached hydrogens (primary N) is 1. The minimum Gasteiger partial charge on any atom is -0.493 e. The van der Waals surface area contributed by atoms with Gasteiger partial charge in [0, 0.05) is 17.5 Å². The lowest BCUT2D eigenvalue weighted by molar-refractivity contribution is 0.315. The summed E-state index contributed by atoms with van der Waals surface area (Å²) < 4.78 is 5.70. The Morgan fingerprint density at radius 2 is 1.83 bits per heavy atom. The number of para-hydroxylation sites is 1. The van der Waals surface area contributed by atoms with Gasteiger partial charge in [-0.1, -0.05) is 48.0 Å². The van der Waals surface area contributed by atoms with Gasteiger partial charge in [0.1, 0.15) is 5.75 Å². The van der Waals surface area contributed by atoms with Crippen LogP contribution in [0.25, 0.3) is 0 Å². The van der Waals surface area contributed by atoms with Crippen molar-refractivity contribution in [1.82, 2.24) is 0 Å². The Hall–Kier alpha value is -1.80. The van der Waals surface area contributed by atoms with Crippen molar-refractivity contribution in [3.05, 3.63) is 65.2 Å². The second kappa shape index (κ2) is 4.46. The lowest BCUT2D eigenvalue weighted by atomic mass is 9.89. The van der Waals surface area contributed by atoms with E-state index in [1.807, 2.05) is 18.2 Å². The third-order valence-corrected chi connectivity index (χ3v) is 3.63. The fourth-order valence-electron chi connectivity index (χ4n) is 2.51. The summed E-state index contributed by atoms with van der Waals surface area (Å²) in [5.41, 5.74) is 10.0. The Bertz CT molecular complexity index is 547. The average Bonchev–Trinajstić information content (AvgIpc) is 2.82. The van der Waals surface area contributed by atoms with Crippen LogP contribution >= 0.6 is 0 Å². The first-order valence-corrected chi connectivity index (χ1v) is 6.29. The van der Waals surface area contributed by atoms with Crippen molar-refractivity contribution in [2.45, 2.75) is 18.9 Å². The number of ether oxygens (including phenoxy) is 1. The maximum absolute atomic E-state index is 6.39. The van der Waals surface area contributed by atoms with Crippen LogP contribution in [0.5, 0.6) is 5.75 Å². The first-order chi connectivity index (χ1) is 8.75. The van der Waals surface area contributed by atoms with Crippen LogP contribution in [0.3, 0.4) is 0 Å². The third-order valence-electron chi connectivity index (χ3n) is 3.63. The third kappa shape index (κ3) is 1.89. The zero-order valence-electron chi connectivity index (χ0n) is 10.5. The summed E-state index contributed by atoms with van der Waals surface area (Å²) in [6, 6.07) is 16.6. The van der Waals surface area contributed by atoms with Crippen LogP contribution in [0.1, 0.15) is 28.7 Å². The smallest absolute Gasteiger partial charge is 0.122 e. The van der Waals surface area contributed by atoms with E-state index >= 15 is 0 Å². The predicted molar refractivity (Wildman–Crippen MR) is 72.8 cm³/mol. The summed E-state index contributed by atoms with van der Waals surface area (Å²) in [7, 11) is 0. The van der Waals surface area contributed by atoms with Crippen LogP contribution in [0, 0.1) is 6.92 Å². The molecule has 1 aliphatic heterocycles. The molecule has 0 fully saturated rings. The summed E-state index contributed by atoms with van der Waals surface area (Å²) in [5.74, 6) is 1.23. The van der Waals surface area contributed by atoms with E-state index in [0.29, 0.717) is 6.61 Å². The second-order valence-corrected chi connectivity index (χ2v) is 4.89. The predicted octanol–water partition coefficient (Wildman–Crippen LogP) is 3.17. The molecule has 0 saturated carbocycles. The van der Waals surface area contributed by atoms with Crippen molar-refractivity contribution in [3.63, 3.8) is 0 Å². The van der Waals surface area contributed by atoms with Crippen LogP contribution in [-0.2, 0) is 0 Å². The lowest BCUT2D eigenvalue weighted by Crippen LogP contribution is -2.20. The highest BCUT2D eigenvalue weighted by atomic mass is 16.5. The zero-order valence-corrected chi connectivity index (χ0v) is 10.5. The molecular weight excluding hydrogens is 222 g/mol. The fourth-order valence-corrected chi connectivity index (χ4v) is 2.51. The van der Waals surface area contributed by atoms with Crippen molar-refractivity contribution < 1.29 is 4.74 Å². The normalized spacial score (nSPS) is 19.1. The van der Waals surface area contributed by atoms with E-state index in [4.69, 9.17) is 10.5 Å². The molecule has 2 aromatic rings. The molecule has 18 heavy (non-hydrogen) atoms. The van der Waals surface area contributed by atoms with Gasteiger partial charge in [0.25, 0.3) is 0 Å². The van der Waals surface area contributed by atoms with Crippen LogP contribution < -0.4 is 10.5 Å².